The Bertz CT molecular complexity index is 1260. The number of rotatable bonds is 3. The number of alkyl halides is 3. The van der Waals surface area contributed by atoms with Crippen molar-refractivity contribution in [1.82, 2.24) is 0 Å². The van der Waals surface area contributed by atoms with Gasteiger partial charge in [0.1, 0.15) is 5.82 Å². The Morgan fingerprint density at radius 1 is 0.931 bits per heavy atom. The number of benzene rings is 3. The van der Waals surface area contributed by atoms with E-state index in [-0.39, 0.29) is 29.9 Å². The quantitative estimate of drug-likeness (QED) is 0.669. The number of aryl methyl sites for hydroxylation is 2. The monoisotopic (exact) mass is 400 g/mol. The first-order valence-electron chi connectivity index (χ1n) is 9.07. The Morgan fingerprint density at radius 2 is 1.72 bits per heavy atom. The minimum atomic E-state index is -4.57. The second-order valence-electron chi connectivity index (χ2n) is 7.10. The first-order valence-corrected chi connectivity index (χ1v) is 9.07. The van der Waals surface area contributed by atoms with Crippen molar-refractivity contribution >= 4 is 28.4 Å². The summed E-state index contributed by atoms with van der Waals surface area (Å²) in [7, 11) is 0. The van der Waals surface area contributed by atoms with Crippen molar-refractivity contribution in [2.75, 3.05) is 0 Å². The van der Waals surface area contributed by atoms with E-state index in [9.17, 15) is 27.5 Å². The summed E-state index contributed by atoms with van der Waals surface area (Å²) in [5.41, 5.74) is 0.0914. The zero-order valence-electron chi connectivity index (χ0n) is 15.2. The zero-order valence-corrected chi connectivity index (χ0v) is 15.2. The highest BCUT2D eigenvalue weighted by molar-refractivity contribution is 6.14. The van der Waals surface area contributed by atoms with Gasteiger partial charge in [0, 0.05) is 11.6 Å². The van der Waals surface area contributed by atoms with Gasteiger partial charge >= 0.3 is 6.18 Å². The van der Waals surface area contributed by atoms with Crippen molar-refractivity contribution in [2.45, 2.75) is 25.4 Å². The number of fused-ring (bicyclic) bond motifs is 2. The molecule has 29 heavy (non-hydrogen) atoms. The van der Waals surface area contributed by atoms with Crippen LogP contribution in [0.3, 0.4) is 0 Å². The minimum Gasteiger partial charge on any atom is -0.504 e. The summed E-state index contributed by atoms with van der Waals surface area (Å²) in [5.74, 6) is -1.45. The van der Waals surface area contributed by atoms with Crippen molar-refractivity contribution in [3.63, 3.8) is 0 Å². The molecule has 3 aromatic carbocycles. The van der Waals surface area contributed by atoms with Crippen LogP contribution in [0.5, 0.6) is 0 Å². The fourth-order valence-electron chi connectivity index (χ4n) is 3.55. The molecule has 3 aromatic rings. The third-order valence-corrected chi connectivity index (χ3v) is 5.16. The number of hydrogen-bond donors (Lipinski definition) is 1. The third-order valence-electron chi connectivity index (χ3n) is 5.16. The molecule has 0 spiro atoms. The molecule has 4 rings (SSSR count). The first kappa shape index (κ1) is 19.2. The van der Waals surface area contributed by atoms with Crippen molar-refractivity contribution in [2.24, 2.45) is 0 Å². The molecule has 148 valence electrons. The summed E-state index contributed by atoms with van der Waals surface area (Å²) >= 11 is 0. The van der Waals surface area contributed by atoms with E-state index < -0.39 is 17.6 Å². The van der Waals surface area contributed by atoms with Gasteiger partial charge in [0.15, 0.2) is 5.76 Å². The van der Waals surface area contributed by atoms with Crippen LogP contribution in [0.4, 0.5) is 17.6 Å². The van der Waals surface area contributed by atoms with Gasteiger partial charge in [0.05, 0.1) is 5.56 Å². The Balaban J connectivity index is 1.62. The van der Waals surface area contributed by atoms with E-state index in [2.05, 4.69) is 0 Å². The molecule has 6 heteroatoms. The van der Waals surface area contributed by atoms with Crippen LogP contribution in [0.15, 0.2) is 48.5 Å². The van der Waals surface area contributed by atoms with Gasteiger partial charge in [-0.05, 0) is 64.2 Å². The van der Waals surface area contributed by atoms with E-state index in [4.69, 9.17) is 0 Å². The lowest BCUT2D eigenvalue weighted by Gasteiger charge is -2.10. The number of aliphatic hydroxyl groups is 1. The number of hydrogen-bond acceptors (Lipinski definition) is 2. The molecule has 0 fully saturated rings. The van der Waals surface area contributed by atoms with E-state index in [1.54, 1.807) is 12.1 Å². The van der Waals surface area contributed by atoms with Gasteiger partial charge in [0.25, 0.3) is 0 Å². The molecular formula is C23H16F4O2. The van der Waals surface area contributed by atoms with Gasteiger partial charge in [-0.3, -0.25) is 4.79 Å². The molecule has 1 aliphatic carbocycles. The SMILES string of the molecule is O=C1CC=c2cc3ccc(CCc4ccc(C(F)(F)F)cc4F)cc3cc2=C1O. The van der Waals surface area contributed by atoms with E-state index >= 15 is 0 Å². The van der Waals surface area contributed by atoms with Crippen LogP contribution in [0.2, 0.25) is 0 Å². The number of carbonyl (C=O) groups is 1. The molecule has 0 saturated carbocycles. The summed E-state index contributed by atoms with van der Waals surface area (Å²) in [6.45, 7) is 0. The standard InChI is InChI=1S/C23H16F4O2/c24-20-12-18(23(25,26)27)7-5-14(20)3-1-13-2-4-15-10-16-6-8-21(28)22(29)19(16)11-17(15)9-13/h2,4-7,9-12,29H,1,3,8H2. The molecule has 0 saturated heterocycles. The summed E-state index contributed by atoms with van der Waals surface area (Å²) in [4.78, 5) is 11.7. The molecule has 0 bridgehead atoms. The van der Waals surface area contributed by atoms with Crippen LogP contribution >= 0.6 is 0 Å². The molecular weight excluding hydrogens is 384 g/mol. The normalized spacial score (nSPS) is 14.1. The molecule has 0 atom stereocenters. The number of aliphatic hydroxyl groups excluding tert-OH is 1. The molecule has 1 N–H and O–H groups in total. The van der Waals surface area contributed by atoms with Gasteiger partial charge in [-0.2, -0.15) is 13.2 Å². The van der Waals surface area contributed by atoms with E-state index in [1.165, 1.54) is 6.07 Å². The molecule has 1 aliphatic rings. The van der Waals surface area contributed by atoms with Crippen LogP contribution in [0.25, 0.3) is 22.6 Å². The van der Waals surface area contributed by atoms with E-state index in [0.29, 0.717) is 17.7 Å². The van der Waals surface area contributed by atoms with Gasteiger partial charge in [-0.25, -0.2) is 4.39 Å². The maximum atomic E-state index is 14.0. The fraction of sp³-hybridized carbons (Fsp3) is 0.174. The predicted molar refractivity (Wildman–Crippen MR) is 102 cm³/mol. The lowest BCUT2D eigenvalue weighted by atomic mass is 9.97. The average Bonchev–Trinajstić information content (AvgIpc) is 2.68. The average molecular weight is 400 g/mol. The maximum Gasteiger partial charge on any atom is 0.416 e. The predicted octanol–water partition coefficient (Wildman–Crippen LogP) is 4.20. The van der Waals surface area contributed by atoms with Gasteiger partial charge in [-0.15, -0.1) is 0 Å². The second kappa shape index (κ2) is 7.03. The number of halogens is 4. The highest BCUT2D eigenvalue weighted by Crippen LogP contribution is 2.30. The topological polar surface area (TPSA) is 37.3 Å². The summed E-state index contributed by atoms with van der Waals surface area (Å²) in [6.07, 6.45) is -1.93. The van der Waals surface area contributed by atoms with Crippen molar-refractivity contribution in [3.05, 3.63) is 81.5 Å². The van der Waals surface area contributed by atoms with Crippen LogP contribution < -0.4 is 10.4 Å². The Hall–Kier alpha value is -3.15. The van der Waals surface area contributed by atoms with Crippen LogP contribution in [-0.4, -0.2) is 10.9 Å². The van der Waals surface area contributed by atoms with Crippen LogP contribution in [-0.2, 0) is 23.8 Å². The Kier molecular flexibility index (Phi) is 4.65. The number of ketones is 1. The van der Waals surface area contributed by atoms with Gasteiger partial charge < -0.3 is 5.11 Å². The lowest BCUT2D eigenvalue weighted by Crippen LogP contribution is -2.32. The molecule has 0 heterocycles. The minimum absolute atomic E-state index is 0.168. The number of Topliss-reactive ketones (excluding diaryl/α,β-unsaturated/α-hetero) is 1. The van der Waals surface area contributed by atoms with Crippen molar-refractivity contribution in [1.29, 1.82) is 0 Å². The summed E-state index contributed by atoms with van der Waals surface area (Å²) in [6, 6.07) is 11.9. The highest BCUT2D eigenvalue weighted by Gasteiger charge is 2.31. The zero-order chi connectivity index (χ0) is 20.8. The highest BCUT2D eigenvalue weighted by atomic mass is 19.4. The maximum absolute atomic E-state index is 14.0. The second-order valence-corrected chi connectivity index (χ2v) is 7.10. The Labute approximate surface area is 163 Å². The lowest BCUT2D eigenvalue weighted by molar-refractivity contribution is -0.137. The van der Waals surface area contributed by atoms with Crippen molar-refractivity contribution in [3.8, 4) is 0 Å². The molecule has 2 nitrogen and oxygen atoms in total. The number of carbonyl (C=O) groups excluding carboxylic acids is 1. The van der Waals surface area contributed by atoms with Crippen LogP contribution in [0.1, 0.15) is 23.1 Å². The van der Waals surface area contributed by atoms with Gasteiger partial charge in [0.2, 0.25) is 5.78 Å². The fourth-order valence-corrected chi connectivity index (χ4v) is 3.55. The molecule has 0 radical (unpaired) electrons. The summed E-state index contributed by atoms with van der Waals surface area (Å²) in [5, 5.41) is 13.1. The van der Waals surface area contributed by atoms with Gasteiger partial charge in [-0.1, -0.05) is 30.3 Å². The van der Waals surface area contributed by atoms with Crippen LogP contribution in [0, 0.1) is 5.82 Å². The van der Waals surface area contributed by atoms with Crippen molar-refractivity contribution < 1.29 is 27.5 Å². The van der Waals surface area contributed by atoms with E-state index in [0.717, 1.165) is 27.6 Å². The van der Waals surface area contributed by atoms with E-state index in [1.807, 2.05) is 24.3 Å². The first-order chi connectivity index (χ1) is 13.7. The third kappa shape index (κ3) is 3.75. The smallest absolute Gasteiger partial charge is 0.416 e. The molecule has 0 amide bonds. The Morgan fingerprint density at radius 3 is 2.45 bits per heavy atom. The molecule has 0 aromatic heterocycles. The molecule has 0 unspecified atom stereocenters. The largest absolute Gasteiger partial charge is 0.504 e. The molecule has 0 aliphatic heterocycles. The summed E-state index contributed by atoms with van der Waals surface area (Å²) < 4.78 is 52.0.